The highest BCUT2D eigenvalue weighted by Crippen LogP contribution is 2.35. The van der Waals surface area contributed by atoms with E-state index in [4.69, 9.17) is 0 Å². The summed E-state index contributed by atoms with van der Waals surface area (Å²) in [7, 11) is -1.56. The quantitative estimate of drug-likeness (QED) is 0.332. The van der Waals surface area contributed by atoms with E-state index in [2.05, 4.69) is 9.46 Å². The first-order valence-corrected chi connectivity index (χ1v) is 10.4. The number of rotatable bonds is 8. The topological polar surface area (TPSA) is 102 Å². The van der Waals surface area contributed by atoms with Crippen LogP contribution in [0.5, 0.6) is 5.75 Å². The van der Waals surface area contributed by atoms with Crippen LogP contribution in [0.3, 0.4) is 0 Å². The number of nitro groups is 1. The molecule has 8 nitrogen and oxygen atoms in total. The first kappa shape index (κ1) is 26.3. The van der Waals surface area contributed by atoms with Gasteiger partial charge < -0.3 is 9.64 Å². The highest BCUT2D eigenvalue weighted by Gasteiger charge is 2.36. The van der Waals surface area contributed by atoms with Crippen molar-refractivity contribution in [3.63, 3.8) is 0 Å². The van der Waals surface area contributed by atoms with Crippen molar-refractivity contribution in [1.29, 1.82) is 0 Å². The van der Waals surface area contributed by atoms with Crippen molar-refractivity contribution in [1.82, 2.24) is 9.62 Å². The molecule has 0 aliphatic carbocycles. The second-order valence-electron chi connectivity index (χ2n) is 6.99. The summed E-state index contributed by atoms with van der Waals surface area (Å²) in [5.41, 5.74) is -2.33. The highest BCUT2D eigenvalue weighted by molar-refractivity contribution is 7.89. The number of sulfonamides is 1. The molecule has 0 aliphatic heterocycles. The molecule has 1 N–H and O–H groups in total. The fraction of sp³-hybridized carbons (Fsp3) is 0.333. The monoisotopic (exact) mass is 501 g/mol. The molecule has 0 bridgehead atoms. The van der Waals surface area contributed by atoms with Gasteiger partial charge in [-0.15, -0.1) is 13.2 Å². The zero-order valence-electron chi connectivity index (χ0n) is 16.9. The van der Waals surface area contributed by atoms with Crippen molar-refractivity contribution < 1.29 is 44.4 Å². The average molecular weight is 501 g/mol. The molecule has 0 unspecified atom stereocenters. The van der Waals surface area contributed by atoms with E-state index in [1.54, 1.807) is 0 Å². The number of nitrogens with zero attached hydrogens (tertiary/aromatic N) is 2. The lowest BCUT2D eigenvalue weighted by Gasteiger charge is -2.23. The van der Waals surface area contributed by atoms with Gasteiger partial charge in [-0.1, -0.05) is 12.1 Å². The molecule has 0 amide bonds. The molecule has 0 aliphatic rings. The SMILES string of the molecule is CN(C)C[C@@H](NS(=O)(=O)c1ccc(OC(F)(F)F)c([N+](=O)[O-])c1)c1cccc(C(F)(F)F)c1. The fourth-order valence-corrected chi connectivity index (χ4v) is 4.02. The van der Waals surface area contributed by atoms with E-state index in [1.807, 2.05) is 0 Å². The molecule has 0 saturated heterocycles. The van der Waals surface area contributed by atoms with Gasteiger partial charge in [0.2, 0.25) is 15.8 Å². The maximum Gasteiger partial charge on any atom is 0.573 e. The van der Waals surface area contributed by atoms with Gasteiger partial charge in [0, 0.05) is 12.6 Å². The molecule has 0 saturated carbocycles. The number of likely N-dealkylation sites (N-methyl/N-ethyl adjacent to an activating group) is 1. The molecule has 2 aromatic carbocycles. The van der Waals surface area contributed by atoms with Crippen LogP contribution in [0.4, 0.5) is 32.0 Å². The number of nitro benzene ring substituents is 1. The Hall–Kier alpha value is -2.91. The molecule has 2 aromatic rings. The molecule has 33 heavy (non-hydrogen) atoms. The lowest BCUT2D eigenvalue weighted by atomic mass is 10.0. The maximum absolute atomic E-state index is 13.1. The summed E-state index contributed by atoms with van der Waals surface area (Å²) in [5, 5.41) is 11.1. The predicted octanol–water partition coefficient (Wildman–Crippen LogP) is 4.09. The largest absolute Gasteiger partial charge is 0.573 e. The van der Waals surface area contributed by atoms with E-state index < -0.39 is 55.4 Å². The van der Waals surface area contributed by atoms with E-state index >= 15 is 0 Å². The Kier molecular flexibility index (Phi) is 7.60. The standard InChI is InChI=1S/C18H17F6N3O5S/c1-26(2)10-14(11-4-3-5-12(8-11)17(19,20)21)25-33(30,31)13-6-7-16(32-18(22,23)24)15(9-13)27(28)29/h3-9,14,25H,10H2,1-2H3/t14-/m1/s1. The summed E-state index contributed by atoms with van der Waals surface area (Å²) in [6.45, 7) is -0.0993. The van der Waals surface area contributed by atoms with Crippen LogP contribution in [-0.4, -0.2) is 45.2 Å². The van der Waals surface area contributed by atoms with Crippen LogP contribution in [-0.2, 0) is 16.2 Å². The minimum Gasteiger partial charge on any atom is -0.398 e. The Bertz CT molecular complexity index is 1120. The minimum absolute atomic E-state index is 0.0476. The molecule has 0 aromatic heterocycles. The number of benzene rings is 2. The van der Waals surface area contributed by atoms with E-state index in [-0.39, 0.29) is 12.1 Å². The van der Waals surface area contributed by atoms with E-state index in [9.17, 15) is 44.9 Å². The zero-order chi connectivity index (χ0) is 25.2. The molecule has 0 spiro atoms. The third kappa shape index (κ3) is 7.30. The summed E-state index contributed by atoms with van der Waals surface area (Å²) in [6, 6.07) is 4.14. The van der Waals surface area contributed by atoms with Crippen LogP contribution in [0.2, 0.25) is 0 Å². The summed E-state index contributed by atoms with van der Waals surface area (Å²) in [5.74, 6) is -1.23. The zero-order valence-corrected chi connectivity index (χ0v) is 17.8. The summed E-state index contributed by atoms with van der Waals surface area (Å²) < 4.78 is 108. The van der Waals surface area contributed by atoms with Gasteiger partial charge in [-0.2, -0.15) is 13.2 Å². The van der Waals surface area contributed by atoms with Crippen molar-refractivity contribution in [2.45, 2.75) is 23.5 Å². The molecule has 0 radical (unpaired) electrons. The Balaban J connectivity index is 2.47. The van der Waals surface area contributed by atoms with Crippen molar-refractivity contribution in [2.24, 2.45) is 0 Å². The Morgan fingerprint density at radius 2 is 1.73 bits per heavy atom. The van der Waals surface area contributed by atoms with E-state index in [0.717, 1.165) is 18.2 Å². The minimum atomic E-state index is -5.26. The van der Waals surface area contributed by atoms with Gasteiger partial charge in [0.1, 0.15) is 0 Å². The van der Waals surface area contributed by atoms with Crippen LogP contribution in [0.1, 0.15) is 17.2 Å². The lowest BCUT2D eigenvalue weighted by Crippen LogP contribution is -2.35. The van der Waals surface area contributed by atoms with Crippen LogP contribution < -0.4 is 9.46 Å². The Labute approximate surface area is 184 Å². The molecule has 15 heteroatoms. The fourth-order valence-electron chi connectivity index (χ4n) is 2.78. The molecular weight excluding hydrogens is 484 g/mol. The van der Waals surface area contributed by atoms with Crippen LogP contribution >= 0.6 is 0 Å². The van der Waals surface area contributed by atoms with Crippen molar-refractivity contribution in [3.8, 4) is 5.75 Å². The lowest BCUT2D eigenvalue weighted by molar-refractivity contribution is -0.388. The highest BCUT2D eigenvalue weighted by atomic mass is 32.2. The van der Waals surface area contributed by atoms with Crippen LogP contribution in [0.15, 0.2) is 47.4 Å². The van der Waals surface area contributed by atoms with Crippen molar-refractivity contribution in [3.05, 3.63) is 63.7 Å². The van der Waals surface area contributed by atoms with Gasteiger partial charge in [0.15, 0.2) is 0 Å². The average Bonchev–Trinajstić information content (AvgIpc) is 2.65. The molecule has 0 fully saturated rings. The Morgan fingerprint density at radius 3 is 2.24 bits per heavy atom. The normalized spacial score (nSPS) is 13.7. The summed E-state index contributed by atoms with van der Waals surface area (Å²) in [4.78, 5) is 10.6. The number of nitrogens with one attached hydrogen (secondary N) is 1. The smallest absolute Gasteiger partial charge is 0.398 e. The number of hydrogen-bond acceptors (Lipinski definition) is 6. The number of alkyl halides is 6. The van der Waals surface area contributed by atoms with Crippen molar-refractivity contribution >= 4 is 15.7 Å². The van der Waals surface area contributed by atoms with E-state index in [1.165, 1.54) is 25.1 Å². The van der Waals surface area contributed by atoms with Gasteiger partial charge in [-0.05, 0) is 43.9 Å². The maximum atomic E-state index is 13.1. The van der Waals surface area contributed by atoms with Crippen molar-refractivity contribution in [2.75, 3.05) is 20.6 Å². The molecule has 0 heterocycles. The second-order valence-corrected chi connectivity index (χ2v) is 8.71. The number of ether oxygens (including phenoxy) is 1. The van der Waals surface area contributed by atoms with Gasteiger partial charge in [0.05, 0.1) is 21.4 Å². The van der Waals surface area contributed by atoms with Crippen LogP contribution in [0, 0.1) is 10.1 Å². The van der Waals surface area contributed by atoms with Gasteiger partial charge in [-0.3, -0.25) is 10.1 Å². The molecular formula is C18H17F6N3O5S. The van der Waals surface area contributed by atoms with Gasteiger partial charge in [0.25, 0.3) is 0 Å². The molecule has 182 valence electrons. The van der Waals surface area contributed by atoms with Gasteiger partial charge in [-0.25, -0.2) is 13.1 Å². The summed E-state index contributed by atoms with van der Waals surface area (Å²) >= 11 is 0. The molecule has 2 rings (SSSR count). The first-order valence-electron chi connectivity index (χ1n) is 8.88. The third-order valence-electron chi connectivity index (χ3n) is 4.12. The third-order valence-corrected chi connectivity index (χ3v) is 5.59. The molecule has 1 atom stereocenters. The second kappa shape index (κ2) is 9.52. The summed E-state index contributed by atoms with van der Waals surface area (Å²) in [6.07, 6.45) is -9.95. The van der Waals surface area contributed by atoms with Gasteiger partial charge >= 0.3 is 18.2 Å². The van der Waals surface area contributed by atoms with E-state index in [0.29, 0.717) is 18.2 Å². The first-order chi connectivity index (χ1) is 15.0. The van der Waals surface area contributed by atoms with Crippen LogP contribution in [0.25, 0.3) is 0 Å². The number of halogens is 6. The predicted molar refractivity (Wildman–Crippen MR) is 103 cm³/mol. The Morgan fingerprint density at radius 1 is 1.09 bits per heavy atom. The number of hydrogen-bond donors (Lipinski definition) is 1.